The van der Waals surface area contributed by atoms with E-state index in [9.17, 15) is 8.42 Å². The molecule has 0 amide bonds. The molecule has 0 saturated carbocycles. The number of aromatic nitrogens is 1. The third kappa shape index (κ3) is 3.27. The van der Waals surface area contributed by atoms with E-state index in [0.29, 0.717) is 17.9 Å². The Morgan fingerprint density at radius 3 is 2.75 bits per heavy atom. The molecule has 0 spiro atoms. The zero-order valence-corrected chi connectivity index (χ0v) is 12.8. The second kappa shape index (κ2) is 5.78. The Morgan fingerprint density at radius 2 is 2.15 bits per heavy atom. The Morgan fingerprint density at radius 1 is 1.40 bits per heavy atom. The van der Waals surface area contributed by atoms with Gasteiger partial charge in [-0.2, -0.15) is 0 Å². The number of sulfonamides is 1. The van der Waals surface area contributed by atoms with Crippen LogP contribution in [0.4, 0.5) is 11.4 Å². The van der Waals surface area contributed by atoms with Gasteiger partial charge in [0.2, 0.25) is 10.0 Å². The molecule has 20 heavy (non-hydrogen) atoms. The van der Waals surface area contributed by atoms with Crippen molar-refractivity contribution >= 4 is 32.7 Å². The fourth-order valence-electron chi connectivity index (χ4n) is 1.67. The van der Waals surface area contributed by atoms with Gasteiger partial charge >= 0.3 is 0 Å². The van der Waals surface area contributed by atoms with Gasteiger partial charge in [0.05, 0.1) is 12.2 Å². The van der Waals surface area contributed by atoms with Crippen LogP contribution in [0, 0.1) is 6.92 Å². The molecule has 0 atom stereocenters. The SMILES string of the molecule is CNS(=O)(=O)c1cc(N)ccc1NCc1ncc(C)s1. The molecule has 0 fully saturated rings. The average molecular weight is 312 g/mol. The second-order valence-corrected chi connectivity index (χ2v) is 7.36. The molecule has 6 nitrogen and oxygen atoms in total. The number of anilines is 2. The summed E-state index contributed by atoms with van der Waals surface area (Å²) in [6.45, 7) is 2.44. The van der Waals surface area contributed by atoms with Crippen LogP contribution in [0.2, 0.25) is 0 Å². The van der Waals surface area contributed by atoms with Crippen LogP contribution in [-0.2, 0) is 16.6 Å². The zero-order valence-electron chi connectivity index (χ0n) is 11.2. The number of rotatable bonds is 5. The topological polar surface area (TPSA) is 97.1 Å². The van der Waals surface area contributed by atoms with E-state index < -0.39 is 10.0 Å². The van der Waals surface area contributed by atoms with Crippen molar-refractivity contribution in [2.24, 2.45) is 0 Å². The Hall–Kier alpha value is -1.64. The number of nitrogen functional groups attached to an aromatic ring is 1. The van der Waals surface area contributed by atoms with Gasteiger partial charge < -0.3 is 11.1 Å². The monoisotopic (exact) mass is 312 g/mol. The van der Waals surface area contributed by atoms with Gasteiger partial charge in [-0.3, -0.25) is 0 Å². The van der Waals surface area contributed by atoms with Crippen molar-refractivity contribution in [3.63, 3.8) is 0 Å². The van der Waals surface area contributed by atoms with E-state index in [1.54, 1.807) is 29.7 Å². The Bertz CT molecular complexity index is 710. The lowest BCUT2D eigenvalue weighted by molar-refractivity contribution is 0.588. The minimum atomic E-state index is -3.56. The van der Waals surface area contributed by atoms with Crippen molar-refractivity contribution in [1.29, 1.82) is 0 Å². The number of aryl methyl sites for hydroxylation is 1. The lowest BCUT2D eigenvalue weighted by atomic mass is 10.3. The van der Waals surface area contributed by atoms with Crippen LogP contribution >= 0.6 is 11.3 Å². The van der Waals surface area contributed by atoms with Crippen LogP contribution in [-0.4, -0.2) is 20.4 Å². The number of hydrogen-bond donors (Lipinski definition) is 3. The summed E-state index contributed by atoms with van der Waals surface area (Å²) >= 11 is 1.57. The minimum Gasteiger partial charge on any atom is -0.399 e. The molecule has 4 N–H and O–H groups in total. The van der Waals surface area contributed by atoms with Crippen molar-refractivity contribution in [2.75, 3.05) is 18.1 Å². The molecule has 1 aromatic carbocycles. The second-order valence-electron chi connectivity index (χ2n) is 4.18. The molecule has 0 unspecified atom stereocenters. The van der Waals surface area contributed by atoms with Crippen molar-refractivity contribution in [3.8, 4) is 0 Å². The number of nitrogens with zero attached hydrogens (tertiary/aromatic N) is 1. The summed E-state index contributed by atoms with van der Waals surface area (Å²) in [6, 6.07) is 4.74. The average Bonchev–Trinajstić information content (AvgIpc) is 2.83. The first kappa shape index (κ1) is 14.8. The fourth-order valence-corrected chi connectivity index (χ4v) is 3.34. The van der Waals surface area contributed by atoms with E-state index >= 15 is 0 Å². The molecule has 108 valence electrons. The summed E-state index contributed by atoms with van der Waals surface area (Å²) < 4.78 is 26.2. The van der Waals surface area contributed by atoms with Crippen LogP contribution in [0.25, 0.3) is 0 Å². The highest BCUT2D eigenvalue weighted by Crippen LogP contribution is 2.24. The molecule has 0 aliphatic heterocycles. The summed E-state index contributed by atoms with van der Waals surface area (Å²) in [6.07, 6.45) is 1.79. The third-order valence-corrected chi connectivity index (χ3v) is 5.03. The van der Waals surface area contributed by atoms with E-state index in [1.165, 1.54) is 13.1 Å². The predicted molar refractivity (Wildman–Crippen MR) is 81.3 cm³/mol. The van der Waals surface area contributed by atoms with E-state index in [4.69, 9.17) is 5.73 Å². The normalized spacial score (nSPS) is 11.5. The molecule has 0 saturated heterocycles. The van der Waals surface area contributed by atoms with Crippen molar-refractivity contribution in [2.45, 2.75) is 18.4 Å². The number of benzene rings is 1. The molecule has 0 aliphatic carbocycles. The molecular formula is C12H16N4O2S2. The fraction of sp³-hybridized carbons (Fsp3) is 0.250. The number of nitrogens with one attached hydrogen (secondary N) is 2. The van der Waals surface area contributed by atoms with Crippen molar-refractivity contribution < 1.29 is 8.42 Å². The summed E-state index contributed by atoms with van der Waals surface area (Å²) in [5.41, 5.74) is 6.56. The maximum atomic E-state index is 12.0. The highest BCUT2D eigenvalue weighted by atomic mass is 32.2. The van der Waals surface area contributed by atoms with Gasteiger partial charge in [-0.1, -0.05) is 0 Å². The van der Waals surface area contributed by atoms with Crippen LogP contribution in [0.5, 0.6) is 0 Å². The van der Waals surface area contributed by atoms with E-state index in [-0.39, 0.29) is 4.90 Å². The van der Waals surface area contributed by atoms with E-state index in [2.05, 4.69) is 15.0 Å². The molecule has 8 heteroatoms. The predicted octanol–water partition coefficient (Wildman–Crippen LogP) is 1.55. The Labute approximate surface area is 122 Å². The summed E-state index contributed by atoms with van der Waals surface area (Å²) in [4.78, 5) is 5.47. The largest absolute Gasteiger partial charge is 0.399 e. The zero-order chi connectivity index (χ0) is 14.8. The highest BCUT2D eigenvalue weighted by Gasteiger charge is 2.17. The lowest BCUT2D eigenvalue weighted by Crippen LogP contribution is -2.20. The molecule has 0 bridgehead atoms. The van der Waals surface area contributed by atoms with Crippen LogP contribution in [0.1, 0.15) is 9.88 Å². The standard InChI is InChI=1S/C12H16N4O2S2/c1-8-6-16-12(19-8)7-15-10-4-3-9(13)5-11(10)20(17,18)14-2/h3-6,14-15H,7,13H2,1-2H3. The first-order chi connectivity index (χ1) is 9.42. The number of hydrogen-bond acceptors (Lipinski definition) is 6. The van der Waals surface area contributed by atoms with Gasteiger partial charge in [0.15, 0.2) is 0 Å². The van der Waals surface area contributed by atoms with Gasteiger partial charge in [-0.25, -0.2) is 18.1 Å². The molecule has 2 aromatic rings. The van der Waals surface area contributed by atoms with E-state index in [0.717, 1.165) is 9.88 Å². The minimum absolute atomic E-state index is 0.133. The van der Waals surface area contributed by atoms with Crippen LogP contribution in [0.3, 0.4) is 0 Å². The van der Waals surface area contributed by atoms with Crippen LogP contribution in [0.15, 0.2) is 29.3 Å². The molecular weight excluding hydrogens is 296 g/mol. The van der Waals surface area contributed by atoms with Gasteiger partial charge in [0.1, 0.15) is 9.90 Å². The molecule has 0 radical (unpaired) electrons. The maximum Gasteiger partial charge on any atom is 0.242 e. The number of nitrogens with two attached hydrogens (primary N) is 1. The summed E-state index contributed by atoms with van der Waals surface area (Å²) in [7, 11) is -2.19. The Balaban J connectivity index is 2.27. The van der Waals surface area contributed by atoms with Gasteiger partial charge in [0, 0.05) is 16.8 Å². The molecule has 0 aliphatic rings. The van der Waals surface area contributed by atoms with Crippen molar-refractivity contribution in [3.05, 3.63) is 34.3 Å². The highest BCUT2D eigenvalue weighted by molar-refractivity contribution is 7.89. The number of thiazole rings is 1. The smallest absolute Gasteiger partial charge is 0.242 e. The Kier molecular flexibility index (Phi) is 4.26. The van der Waals surface area contributed by atoms with Gasteiger partial charge in [0.25, 0.3) is 0 Å². The quantitative estimate of drug-likeness (QED) is 0.728. The van der Waals surface area contributed by atoms with Crippen LogP contribution < -0.4 is 15.8 Å². The summed E-state index contributed by atoms with van der Waals surface area (Å²) in [5.74, 6) is 0. The maximum absolute atomic E-state index is 12.0. The molecule has 1 heterocycles. The first-order valence-corrected chi connectivity index (χ1v) is 8.20. The summed E-state index contributed by atoms with van der Waals surface area (Å²) in [5, 5.41) is 3.98. The van der Waals surface area contributed by atoms with E-state index in [1.807, 2.05) is 6.92 Å². The lowest BCUT2D eigenvalue weighted by Gasteiger charge is -2.12. The van der Waals surface area contributed by atoms with Gasteiger partial charge in [-0.15, -0.1) is 11.3 Å². The first-order valence-electron chi connectivity index (χ1n) is 5.90. The van der Waals surface area contributed by atoms with Gasteiger partial charge in [-0.05, 0) is 32.2 Å². The molecule has 2 rings (SSSR count). The third-order valence-electron chi connectivity index (χ3n) is 2.66. The molecule has 1 aromatic heterocycles. The van der Waals surface area contributed by atoms with Crippen molar-refractivity contribution in [1.82, 2.24) is 9.71 Å².